The van der Waals surface area contributed by atoms with E-state index in [4.69, 9.17) is 34.5 Å². The number of aliphatic hydroxyl groups is 1. The highest BCUT2D eigenvalue weighted by Crippen LogP contribution is 2.38. The van der Waals surface area contributed by atoms with Gasteiger partial charge in [0.15, 0.2) is 0 Å². The first-order valence-electron chi connectivity index (χ1n) is 45.6. The van der Waals surface area contributed by atoms with Crippen LogP contribution in [0.25, 0.3) is 0 Å². The van der Waals surface area contributed by atoms with Gasteiger partial charge in [-0.2, -0.15) is 0 Å². The molecule has 1 unspecified atom stereocenters. The van der Waals surface area contributed by atoms with Crippen molar-refractivity contribution in [2.24, 2.45) is 41.2 Å². The van der Waals surface area contributed by atoms with Gasteiger partial charge in [-0.15, -0.1) is 13.2 Å². The molecule has 0 aliphatic carbocycles. The lowest BCUT2D eigenvalue weighted by atomic mass is 9.79. The number of rotatable bonds is 42. The third kappa shape index (κ3) is 36.9. The van der Waals surface area contributed by atoms with Crippen molar-refractivity contribution in [2.75, 3.05) is 67.7 Å². The Kier molecular flexibility index (Phi) is 53.8. The van der Waals surface area contributed by atoms with E-state index in [0.717, 1.165) is 39.1 Å². The van der Waals surface area contributed by atoms with E-state index in [-0.39, 0.29) is 133 Å². The summed E-state index contributed by atoms with van der Waals surface area (Å²) in [5, 5.41) is 44.5. The molecule has 37 heteroatoms. The smallest absolute Gasteiger partial charge is 0.408 e. The maximum Gasteiger partial charge on any atom is 0.408 e. The monoisotopic (exact) mass is 1930 g/mol. The topological polar surface area (TPSA) is 508 Å². The van der Waals surface area contributed by atoms with Crippen molar-refractivity contribution in [1.82, 2.24) is 46.6 Å². The standard InChI is InChI=1S/C20H28N2O5.C19H26N2O6.C19H26N2O5.C17H23NO4.C14H19NO4.C11H20N2O3.CH4/c1-5-12-20(15(3)6-2,18(24)21-13-17(23)26-4)22-19(25)27-14-16-10-8-7-9-11-16;1-4-13(2)19(10-15(22)21(17(19)24)11-16(23)26-3)20-18(25)27-12-14-8-6-5-7-9-14;1-4-14(2)19(10-11-21(17(19)23)12-16(22)25-3)20-18(24)26-13-15-8-6-5-7-9-15;1-4-11-17(15(19)20,13(3)5-2)18-16(21)22-12-14-9-7-6-8-10-14;1-3-10(2)12(13(16)17)15-14(18)19-9-11-7-5-4-6-8-11;1-4-8(2)11(12)5-6-13(10(11)15)7-9(14)16-3;/h5,7-11,15H,1,6,12-14H2,2-4H3,(H,21,24)(H,22,25);5-9,13,15,22H,4,10-12H2,1-3H3,(H,20,25);5-9,14H,4,10-13H2,1-3H3,(H,20,24);4,6-10,13H,1,5,11-12H2,2-3H3,(H,18,21)(H,19,20);4-8,10,12H,3,9H2,1-2H3,(H,15,18)(H,16,17);8H,4-7,12H2,1-3H3;1H4/t15-,20-;13-,15?,19-;14-,19-;13-,17-;10-,12-;8-,11-;/m000000./s1. The third-order valence-corrected chi connectivity index (χ3v) is 24.8. The fourth-order valence-electron chi connectivity index (χ4n) is 14.8. The highest BCUT2D eigenvalue weighted by Gasteiger charge is 2.57. The molecule has 8 rings (SSSR count). The van der Waals surface area contributed by atoms with Crippen LogP contribution in [-0.4, -0.2) is 228 Å². The Morgan fingerprint density at radius 3 is 1.15 bits per heavy atom. The Morgan fingerprint density at radius 2 is 0.790 bits per heavy atom. The summed E-state index contributed by atoms with van der Waals surface area (Å²) in [6, 6.07) is 45.2. The first-order chi connectivity index (χ1) is 65.1. The number of benzene rings is 5. The van der Waals surface area contributed by atoms with Gasteiger partial charge in [0.1, 0.15) is 93.6 Å². The van der Waals surface area contributed by atoms with E-state index in [0.29, 0.717) is 58.0 Å². The predicted octanol–water partition coefficient (Wildman–Crippen LogP) is 12.6. The lowest BCUT2D eigenvalue weighted by Crippen LogP contribution is -2.62. The van der Waals surface area contributed by atoms with Crippen molar-refractivity contribution >= 4 is 89.9 Å². The average Bonchev–Trinajstić information content (AvgIpc) is 1.61. The second-order valence-corrected chi connectivity index (χ2v) is 33.5. The number of amides is 9. The van der Waals surface area contributed by atoms with E-state index in [2.05, 4.69) is 64.0 Å². The summed E-state index contributed by atoms with van der Waals surface area (Å²) in [5.74, 6) is -6.52. The molecule has 5 aromatic carbocycles. The number of aliphatic carboxylic acids is 2. The number of hydrogen-bond donors (Lipinski definition) is 10. The number of aliphatic hydroxyl groups excluding tert-OH is 1. The number of likely N-dealkylation sites (tertiary alicyclic amines) is 3. The van der Waals surface area contributed by atoms with Gasteiger partial charge in [-0.1, -0.05) is 293 Å². The molecule has 3 aliphatic rings. The zero-order valence-electron chi connectivity index (χ0n) is 81.7. The largest absolute Gasteiger partial charge is 0.480 e. The van der Waals surface area contributed by atoms with Crippen LogP contribution in [0.5, 0.6) is 0 Å². The van der Waals surface area contributed by atoms with Crippen molar-refractivity contribution in [2.45, 2.75) is 234 Å². The molecule has 0 saturated carbocycles. The van der Waals surface area contributed by atoms with E-state index in [1.807, 2.05) is 221 Å². The molecule has 5 aromatic rings. The van der Waals surface area contributed by atoms with Gasteiger partial charge in [0.25, 0.3) is 5.91 Å². The molecule has 3 aliphatic heterocycles. The summed E-state index contributed by atoms with van der Waals surface area (Å²) in [4.78, 5) is 184. The number of carbonyl (C=O) groups excluding carboxylic acids is 13. The molecule has 0 aromatic heterocycles. The van der Waals surface area contributed by atoms with Gasteiger partial charge in [-0.05, 0) is 89.0 Å². The molecule has 11 N–H and O–H groups in total. The number of hydrogen-bond acceptors (Lipinski definition) is 26. The molecule has 13 atom stereocenters. The molecule has 0 radical (unpaired) electrons. The summed E-state index contributed by atoms with van der Waals surface area (Å²) in [7, 11) is 5.03. The predicted molar refractivity (Wildman–Crippen MR) is 515 cm³/mol. The summed E-state index contributed by atoms with van der Waals surface area (Å²) in [5.41, 5.74) is 4.45. The third-order valence-electron chi connectivity index (χ3n) is 24.8. The van der Waals surface area contributed by atoms with Gasteiger partial charge in [0, 0.05) is 19.5 Å². The maximum absolute atomic E-state index is 13.0. The fourth-order valence-corrected chi connectivity index (χ4v) is 14.8. The van der Waals surface area contributed by atoms with Crippen LogP contribution in [0.3, 0.4) is 0 Å². The number of ether oxygens (including phenoxy) is 9. The summed E-state index contributed by atoms with van der Waals surface area (Å²) < 4.78 is 44.2. The molecule has 3 heterocycles. The van der Waals surface area contributed by atoms with E-state index in [1.165, 1.54) is 44.3 Å². The van der Waals surface area contributed by atoms with Crippen molar-refractivity contribution in [1.29, 1.82) is 0 Å². The van der Waals surface area contributed by atoms with Gasteiger partial charge in [0.2, 0.25) is 17.7 Å². The minimum atomic E-state index is -1.40. The normalized spacial score (nSPS) is 18.3. The summed E-state index contributed by atoms with van der Waals surface area (Å²) in [6.45, 7) is 30.5. The molecule has 3 fully saturated rings. The van der Waals surface area contributed by atoms with Crippen LogP contribution in [0, 0.1) is 35.5 Å². The van der Waals surface area contributed by atoms with Crippen LogP contribution in [0.15, 0.2) is 177 Å². The van der Waals surface area contributed by atoms with Crippen LogP contribution in [0.4, 0.5) is 24.0 Å². The number of carboxylic acids is 2. The van der Waals surface area contributed by atoms with Crippen LogP contribution in [-0.2, 0) is 124 Å². The van der Waals surface area contributed by atoms with Gasteiger partial charge in [-0.3, -0.25) is 38.4 Å². The highest BCUT2D eigenvalue weighted by molar-refractivity contribution is 5.96. The first kappa shape index (κ1) is 121. The Hall–Kier alpha value is -13.5. The molecular weight excluding hydrogens is 1790 g/mol. The van der Waals surface area contributed by atoms with E-state index in [9.17, 15) is 82.1 Å². The highest BCUT2D eigenvalue weighted by atomic mass is 16.6. The second kappa shape index (κ2) is 61.6. The average molecular weight is 1930 g/mol. The molecule has 138 heavy (non-hydrogen) atoms. The van der Waals surface area contributed by atoms with Crippen molar-refractivity contribution in [3.8, 4) is 0 Å². The van der Waals surface area contributed by atoms with Crippen molar-refractivity contribution in [3.63, 3.8) is 0 Å². The van der Waals surface area contributed by atoms with Crippen LogP contribution in [0.1, 0.15) is 189 Å². The van der Waals surface area contributed by atoms with Crippen LogP contribution >= 0.6 is 0 Å². The lowest BCUT2D eigenvalue weighted by Gasteiger charge is -2.37. The minimum Gasteiger partial charge on any atom is -0.480 e. The molecule has 37 nitrogen and oxygen atoms in total. The zero-order valence-corrected chi connectivity index (χ0v) is 81.7. The number of alkyl carbamates (subject to hydrolysis) is 5. The Bertz CT molecular complexity index is 4680. The minimum absolute atomic E-state index is 0. The number of nitrogens with zero attached hydrogens (tertiary/aromatic N) is 3. The molecule has 0 spiro atoms. The second-order valence-electron chi connectivity index (χ2n) is 33.5. The number of esters is 4. The quantitative estimate of drug-likeness (QED) is 0.00985. The van der Waals surface area contributed by atoms with E-state index < -0.39 is 118 Å². The van der Waals surface area contributed by atoms with E-state index in [1.54, 1.807) is 19.9 Å². The zero-order chi connectivity index (χ0) is 103. The summed E-state index contributed by atoms with van der Waals surface area (Å²) in [6.07, 6.45) is 3.68. The number of carbonyl (C=O) groups is 15. The van der Waals surface area contributed by atoms with Gasteiger partial charge < -0.3 is 110 Å². The molecule has 3 saturated heterocycles. The number of methoxy groups -OCH3 is 4. The maximum atomic E-state index is 13.0. The molecule has 0 bridgehead atoms. The molecular formula is C101H146N10O27. The van der Waals surface area contributed by atoms with Gasteiger partial charge in [-0.25, -0.2) is 33.6 Å². The molecule has 762 valence electrons. The van der Waals surface area contributed by atoms with Gasteiger partial charge in [0.05, 0.1) is 34.0 Å². The number of nitrogens with two attached hydrogens (primary N) is 1. The number of nitrogens with one attached hydrogen (secondary N) is 6. The summed E-state index contributed by atoms with van der Waals surface area (Å²) >= 11 is 0. The lowest BCUT2D eigenvalue weighted by molar-refractivity contribution is -0.151. The fraction of sp³-hybridized carbons (Fsp3) is 0.515. The Labute approximate surface area is 810 Å². The SMILES string of the molecule is C.C=CC[C@@](NC(=O)OCc1ccccc1)(C(=O)NCC(=O)OC)[C@@H](C)CC.C=CC[C@@](NC(=O)OCc1ccccc1)(C(=O)O)[C@@H](C)CC.CC[C@H](C)[C@@]1(N)CCN(CC(=O)OC)C1=O.CC[C@H](C)[C@@]1(NC(=O)OCc2ccccc2)CC(O)N(CC(=O)OC)C1=O.CC[C@H](C)[C@@]1(NC(=O)OCc2ccccc2)CCN(CC(=O)OC)C1=O.CC[C@H](C)[C@H](NC(=O)OCc1ccccc1)C(=O)O. The Morgan fingerprint density at radius 1 is 0.449 bits per heavy atom. The van der Waals surface area contributed by atoms with Gasteiger partial charge >= 0.3 is 66.3 Å². The molecule has 9 amide bonds. The van der Waals surface area contributed by atoms with Crippen LogP contribution in [0.2, 0.25) is 0 Å². The van der Waals surface area contributed by atoms with Crippen molar-refractivity contribution < 1.29 is 130 Å². The Balaban J connectivity index is 0.000000564. The van der Waals surface area contributed by atoms with E-state index >= 15 is 0 Å². The van der Waals surface area contributed by atoms with Crippen molar-refractivity contribution in [3.05, 3.63) is 205 Å². The first-order valence-corrected chi connectivity index (χ1v) is 45.6. The number of carboxylic acid groups (broad SMARTS) is 2. The van der Waals surface area contributed by atoms with Crippen LogP contribution < -0.4 is 37.6 Å².